The molecular weight excluding hydrogens is 436 g/mol. The summed E-state index contributed by atoms with van der Waals surface area (Å²) >= 11 is 0. The number of pyridine rings is 1. The van der Waals surface area contributed by atoms with Gasteiger partial charge < -0.3 is 19.5 Å². The maximum absolute atomic E-state index is 13.0. The maximum Gasteiger partial charge on any atom is 0.339 e. The van der Waals surface area contributed by atoms with Crippen LogP contribution in [0.5, 0.6) is 0 Å². The van der Waals surface area contributed by atoms with Gasteiger partial charge in [-0.1, -0.05) is 24.2 Å². The van der Waals surface area contributed by atoms with E-state index >= 15 is 0 Å². The van der Waals surface area contributed by atoms with E-state index in [1.807, 2.05) is 45.9 Å². The van der Waals surface area contributed by atoms with Crippen LogP contribution >= 0.6 is 0 Å². The third-order valence-electron chi connectivity index (χ3n) is 5.93. The molecule has 180 valence electrons. The smallest absolute Gasteiger partial charge is 0.339 e. The van der Waals surface area contributed by atoms with Crippen molar-refractivity contribution in [3.8, 4) is 0 Å². The van der Waals surface area contributed by atoms with Crippen LogP contribution in [0.3, 0.4) is 0 Å². The summed E-state index contributed by atoms with van der Waals surface area (Å²) in [4.78, 5) is 44.1. The highest BCUT2D eigenvalue weighted by atomic mass is 16.5. The highest BCUT2D eigenvalue weighted by Gasteiger charge is 2.25. The van der Waals surface area contributed by atoms with Crippen LogP contribution in [0.4, 0.5) is 5.69 Å². The molecule has 0 saturated heterocycles. The van der Waals surface area contributed by atoms with Gasteiger partial charge in [-0.05, 0) is 64.3 Å². The number of aryl methyl sites for hydroxylation is 3. The lowest BCUT2D eigenvalue weighted by molar-refractivity contribution is -0.139. The molecule has 1 atom stereocenters. The Morgan fingerprint density at radius 3 is 2.62 bits per heavy atom. The Balaban J connectivity index is 1.70. The van der Waals surface area contributed by atoms with E-state index in [0.29, 0.717) is 28.9 Å². The summed E-state index contributed by atoms with van der Waals surface area (Å²) in [7, 11) is 0. The quantitative estimate of drug-likeness (QED) is 0.501. The number of nitrogens with one attached hydrogen (secondary N) is 1. The van der Waals surface area contributed by atoms with Crippen molar-refractivity contribution < 1.29 is 23.6 Å². The number of hydrogen-bond donors (Lipinski definition) is 1. The highest BCUT2D eigenvalue weighted by Crippen LogP contribution is 2.23. The summed E-state index contributed by atoms with van der Waals surface area (Å²) in [6.07, 6.45) is 0.639. The number of hydrogen-bond acceptors (Lipinski definition) is 7. The van der Waals surface area contributed by atoms with Crippen LogP contribution in [0.25, 0.3) is 11.1 Å². The molecular formula is C25H30N4O5. The zero-order valence-electron chi connectivity index (χ0n) is 20.4. The Hall–Kier alpha value is -3.75. The van der Waals surface area contributed by atoms with Gasteiger partial charge in [0, 0.05) is 17.4 Å². The maximum atomic E-state index is 13.0. The number of benzene rings is 1. The second-order valence-corrected chi connectivity index (χ2v) is 8.41. The third kappa shape index (κ3) is 5.41. The first-order chi connectivity index (χ1) is 16.1. The van der Waals surface area contributed by atoms with E-state index in [-0.39, 0.29) is 29.8 Å². The van der Waals surface area contributed by atoms with Crippen molar-refractivity contribution in [1.29, 1.82) is 0 Å². The van der Waals surface area contributed by atoms with Gasteiger partial charge in [0.2, 0.25) is 5.91 Å². The molecule has 9 nitrogen and oxygen atoms in total. The molecule has 2 aromatic heterocycles. The van der Waals surface area contributed by atoms with Crippen LogP contribution in [0.1, 0.15) is 53.1 Å². The van der Waals surface area contributed by atoms with E-state index in [1.165, 1.54) is 4.90 Å². The Kier molecular flexibility index (Phi) is 7.65. The lowest BCUT2D eigenvalue weighted by atomic mass is 10.1. The standard InChI is InChI=1S/C25H30N4O5/c1-7-16(4)29(12-21(30)27-20-10-8-9-14(2)17(20)5)22(31)13-33-25(32)19-11-15(3)26-24-23(19)18(6)28-34-24/h8-11,16H,7,12-13H2,1-6H3,(H,27,30). The fourth-order valence-corrected chi connectivity index (χ4v) is 3.61. The molecule has 2 heterocycles. The molecule has 0 spiro atoms. The molecule has 3 aromatic rings. The highest BCUT2D eigenvalue weighted by molar-refractivity contribution is 6.04. The first-order valence-electron chi connectivity index (χ1n) is 11.2. The molecule has 1 N–H and O–H groups in total. The predicted octanol–water partition coefficient (Wildman–Crippen LogP) is 3.88. The van der Waals surface area contributed by atoms with Crippen molar-refractivity contribution in [3.63, 3.8) is 0 Å². The van der Waals surface area contributed by atoms with Crippen LogP contribution in [0.2, 0.25) is 0 Å². The van der Waals surface area contributed by atoms with Crippen LogP contribution in [0, 0.1) is 27.7 Å². The first kappa shape index (κ1) is 24.9. The number of ether oxygens (including phenoxy) is 1. The molecule has 3 rings (SSSR count). The Labute approximate surface area is 198 Å². The summed E-state index contributed by atoms with van der Waals surface area (Å²) in [5, 5.41) is 7.18. The predicted molar refractivity (Wildman–Crippen MR) is 128 cm³/mol. The molecule has 34 heavy (non-hydrogen) atoms. The van der Waals surface area contributed by atoms with E-state index in [9.17, 15) is 14.4 Å². The lowest BCUT2D eigenvalue weighted by Crippen LogP contribution is -2.45. The molecule has 0 aliphatic carbocycles. The topological polar surface area (TPSA) is 115 Å². The van der Waals surface area contributed by atoms with E-state index in [4.69, 9.17) is 9.26 Å². The summed E-state index contributed by atoms with van der Waals surface area (Å²) in [5.74, 6) is -1.46. The molecule has 1 unspecified atom stereocenters. The Bertz CT molecular complexity index is 1230. The minimum Gasteiger partial charge on any atom is -0.452 e. The normalized spacial score (nSPS) is 11.8. The van der Waals surface area contributed by atoms with Crippen LogP contribution < -0.4 is 5.32 Å². The van der Waals surface area contributed by atoms with Gasteiger partial charge in [-0.2, -0.15) is 0 Å². The number of amides is 2. The van der Waals surface area contributed by atoms with Gasteiger partial charge >= 0.3 is 5.97 Å². The fraction of sp³-hybridized carbons (Fsp3) is 0.400. The number of esters is 1. The van der Waals surface area contributed by atoms with Crippen LogP contribution in [-0.2, 0) is 14.3 Å². The average Bonchev–Trinajstić information content (AvgIpc) is 3.17. The largest absolute Gasteiger partial charge is 0.452 e. The summed E-state index contributed by atoms with van der Waals surface area (Å²) in [6, 6.07) is 7.01. The fourth-order valence-electron chi connectivity index (χ4n) is 3.61. The summed E-state index contributed by atoms with van der Waals surface area (Å²) in [5.41, 5.74) is 4.26. The number of carbonyl (C=O) groups excluding carboxylic acids is 3. The molecule has 0 aliphatic rings. The van der Waals surface area contributed by atoms with Crippen molar-refractivity contribution in [3.05, 3.63) is 52.3 Å². The van der Waals surface area contributed by atoms with Crippen molar-refractivity contribution in [1.82, 2.24) is 15.0 Å². The Morgan fingerprint density at radius 1 is 1.18 bits per heavy atom. The Morgan fingerprint density at radius 2 is 1.91 bits per heavy atom. The molecule has 1 aromatic carbocycles. The van der Waals surface area contributed by atoms with Gasteiger partial charge in [0.05, 0.1) is 16.6 Å². The van der Waals surface area contributed by atoms with Gasteiger partial charge in [-0.3, -0.25) is 9.59 Å². The van der Waals surface area contributed by atoms with Crippen LogP contribution in [-0.4, -0.2) is 52.0 Å². The van der Waals surface area contributed by atoms with Crippen molar-refractivity contribution in [2.75, 3.05) is 18.5 Å². The molecule has 0 bridgehead atoms. The zero-order valence-corrected chi connectivity index (χ0v) is 20.4. The summed E-state index contributed by atoms with van der Waals surface area (Å²) < 4.78 is 10.5. The minimum absolute atomic E-state index is 0.151. The average molecular weight is 467 g/mol. The third-order valence-corrected chi connectivity index (χ3v) is 5.93. The van der Waals surface area contributed by atoms with E-state index < -0.39 is 18.5 Å². The van der Waals surface area contributed by atoms with Gasteiger partial charge in [-0.25, -0.2) is 9.78 Å². The van der Waals surface area contributed by atoms with Crippen molar-refractivity contribution in [2.45, 2.75) is 54.0 Å². The molecule has 0 aliphatic heterocycles. The first-order valence-corrected chi connectivity index (χ1v) is 11.2. The monoisotopic (exact) mass is 466 g/mol. The number of rotatable bonds is 8. The van der Waals surface area contributed by atoms with Gasteiger partial charge in [0.15, 0.2) is 6.61 Å². The number of carbonyl (C=O) groups is 3. The minimum atomic E-state index is -0.681. The number of anilines is 1. The van der Waals surface area contributed by atoms with Crippen LogP contribution in [0.15, 0.2) is 28.8 Å². The molecule has 0 radical (unpaired) electrons. The van der Waals surface area contributed by atoms with E-state index in [0.717, 1.165) is 11.1 Å². The van der Waals surface area contributed by atoms with E-state index in [2.05, 4.69) is 15.5 Å². The second kappa shape index (κ2) is 10.5. The molecule has 2 amide bonds. The lowest BCUT2D eigenvalue weighted by Gasteiger charge is -2.28. The second-order valence-electron chi connectivity index (χ2n) is 8.41. The molecule has 0 fully saturated rings. The molecule has 0 saturated carbocycles. The zero-order chi connectivity index (χ0) is 25.0. The van der Waals surface area contributed by atoms with Gasteiger partial charge in [0.1, 0.15) is 6.54 Å². The number of fused-ring (bicyclic) bond motifs is 1. The summed E-state index contributed by atoms with van der Waals surface area (Å²) in [6.45, 7) is 10.4. The van der Waals surface area contributed by atoms with E-state index in [1.54, 1.807) is 19.9 Å². The SMILES string of the molecule is CCC(C)N(CC(=O)Nc1cccc(C)c1C)C(=O)COC(=O)c1cc(C)nc2onc(C)c12. The number of nitrogens with zero attached hydrogens (tertiary/aromatic N) is 3. The number of aromatic nitrogens is 2. The van der Waals surface area contributed by atoms with Crippen molar-refractivity contribution >= 4 is 34.6 Å². The van der Waals surface area contributed by atoms with Crippen molar-refractivity contribution in [2.24, 2.45) is 0 Å². The molecule has 9 heteroatoms. The van der Waals surface area contributed by atoms with Gasteiger partial charge in [-0.15, -0.1) is 0 Å². The van der Waals surface area contributed by atoms with Gasteiger partial charge in [0.25, 0.3) is 11.6 Å².